The van der Waals surface area contributed by atoms with Crippen LogP contribution in [0.15, 0.2) is 13.2 Å². The first-order valence-corrected chi connectivity index (χ1v) is 2.26. The highest BCUT2D eigenvalue weighted by atomic mass is 16.4. The molecule has 0 aliphatic carbocycles. The number of carboxylic acids is 1. The first kappa shape index (κ1) is 15.8. The molecule has 0 aromatic rings. The van der Waals surface area contributed by atoms with Gasteiger partial charge >= 0.3 is 0 Å². The van der Waals surface area contributed by atoms with E-state index in [1.807, 2.05) is 0 Å². The molecule has 0 saturated carbocycles. The maximum absolute atomic E-state index is 9.00. The van der Waals surface area contributed by atoms with Crippen molar-refractivity contribution < 1.29 is 9.90 Å². The highest BCUT2D eigenvalue weighted by Gasteiger charge is 1.65. The standard InChI is InChI=1S/C2H4O2.C2H4.CH5N3/c1-2(3)4;1-2;2-1(3)4/h1H3,(H,3,4);1-2H2;(H5,2,3,4). The molecule has 0 heterocycles. The molecule has 0 bridgehead atoms. The number of hydrogen-bond donors (Lipinski definition) is 4. The summed E-state index contributed by atoms with van der Waals surface area (Å²) in [4.78, 5) is 9.00. The van der Waals surface area contributed by atoms with E-state index < -0.39 is 5.97 Å². The monoisotopic (exact) mass is 147 g/mol. The molecule has 6 N–H and O–H groups in total. The predicted molar refractivity (Wildman–Crippen MR) is 40.7 cm³/mol. The normalized spacial score (nSPS) is 5.30. The van der Waals surface area contributed by atoms with Crippen molar-refractivity contribution in [1.29, 1.82) is 5.41 Å². The Kier molecular flexibility index (Phi) is 24.7. The Hall–Kier alpha value is -1.52. The molecular formula is C5H13N3O2. The lowest BCUT2D eigenvalue weighted by atomic mass is 10.9. The van der Waals surface area contributed by atoms with Crippen LogP contribution in [-0.4, -0.2) is 17.0 Å². The van der Waals surface area contributed by atoms with Gasteiger partial charge in [0.25, 0.3) is 5.97 Å². The minimum absolute atomic E-state index is 0.333. The molecule has 0 spiro atoms. The third-order valence-electron chi connectivity index (χ3n) is 0. The second-order valence-electron chi connectivity index (χ2n) is 0.974. The highest BCUT2D eigenvalue weighted by Crippen LogP contribution is 1.42. The molecule has 0 aliphatic rings. The van der Waals surface area contributed by atoms with Crippen LogP contribution in [0.1, 0.15) is 6.92 Å². The molecule has 0 aromatic carbocycles. The van der Waals surface area contributed by atoms with Crippen LogP contribution in [0, 0.1) is 5.41 Å². The van der Waals surface area contributed by atoms with Crippen LogP contribution in [0.25, 0.3) is 0 Å². The summed E-state index contributed by atoms with van der Waals surface area (Å²) in [7, 11) is 0. The Morgan fingerprint density at radius 1 is 1.50 bits per heavy atom. The number of hydrogen-bond acceptors (Lipinski definition) is 2. The van der Waals surface area contributed by atoms with Gasteiger partial charge in [-0.2, -0.15) is 0 Å². The molecule has 0 rings (SSSR count). The lowest BCUT2D eigenvalue weighted by molar-refractivity contribution is -0.134. The Balaban J connectivity index is -0.0000000787. The second-order valence-corrected chi connectivity index (χ2v) is 0.974. The van der Waals surface area contributed by atoms with E-state index in [4.69, 9.17) is 15.3 Å². The van der Waals surface area contributed by atoms with Crippen molar-refractivity contribution in [3.8, 4) is 0 Å². The van der Waals surface area contributed by atoms with E-state index in [2.05, 4.69) is 24.6 Å². The minimum Gasteiger partial charge on any atom is -0.481 e. The zero-order valence-corrected chi connectivity index (χ0v) is 5.92. The molecule has 60 valence electrons. The van der Waals surface area contributed by atoms with Crippen LogP contribution < -0.4 is 11.5 Å². The van der Waals surface area contributed by atoms with Gasteiger partial charge in [-0.1, -0.05) is 0 Å². The number of carbonyl (C=O) groups is 1. The average molecular weight is 147 g/mol. The van der Waals surface area contributed by atoms with Crippen LogP contribution in [0.3, 0.4) is 0 Å². The van der Waals surface area contributed by atoms with Gasteiger partial charge in [0.15, 0.2) is 5.96 Å². The molecule has 0 saturated heterocycles. The van der Waals surface area contributed by atoms with Crippen molar-refractivity contribution in [2.45, 2.75) is 6.92 Å². The molecule has 0 atom stereocenters. The number of guanidine groups is 1. The summed E-state index contributed by atoms with van der Waals surface area (Å²) in [6.07, 6.45) is 0. The van der Waals surface area contributed by atoms with Gasteiger partial charge < -0.3 is 16.6 Å². The molecule has 0 aliphatic heterocycles. The van der Waals surface area contributed by atoms with E-state index in [1.165, 1.54) is 0 Å². The van der Waals surface area contributed by atoms with Crippen LogP contribution >= 0.6 is 0 Å². The molecule has 0 unspecified atom stereocenters. The lowest BCUT2D eigenvalue weighted by Crippen LogP contribution is -2.20. The molecular weight excluding hydrogens is 134 g/mol. The van der Waals surface area contributed by atoms with Gasteiger partial charge in [-0.05, 0) is 0 Å². The summed E-state index contributed by atoms with van der Waals surface area (Å²) in [6.45, 7) is 7.08. The van der Waals surface area contributed by atoms with Gasteiger partial charge in [0.1, 0.15) is 0 Å². The van der Waals surface area contributed by atoms with Gasteiger partial charge in [0.2, 0.25) is 0 Å². The van der Waals surface area contributed by atoms with E-state index in [9.17, 15) is 0 Å². The Morgan fingerprint density at radius 2 is 1.50 bits per heavy atom. The summed E-state index contributed by atoms with van der Waals surface area (Å²) in [5, 5.41) is 13.5. The Labute approximate surface area is 59.8 Å². The van der Waals surface area contributed by atoms with Crippen molar-refractivity contribution in [2.75, 3.05) is 0 Å². The van der Waals surface area contributed by atoms with Crippen LogP contribution in [0.2, 0.25) is 0 Å². The number of aliphatic carboxylic acids is 1. The first-order valence-electron chi connectivity index (χ1n) is 2.26. The number of carboxylic acid groups (broad SMARTS) is 1. The van der Waals surface area contributed by atoms with Crippen LogP contribution in [-0.2, 0) is 4.79 Å². The van der Waals surface area contributed by atoms with Crippen molar-refractivity contribution in [1.82, 2.24) is 0 Å². The second kappa shape index (κ2) is 15.6. The Morgan fingerprint density at radius 3 is 1.50 bits per heavy atom. The summed E-state index contributed by atoms with van der Waals surface area (Å²) in [6, 6.07) is 0. The summed E-state index contributed by atoms with van der Waals surface area (Å²) >= 11 is 0. The Bertz CT molecular complexity index is 83.1. The molecule has 10 heavy (non-hydrogen) atoms. The molecule has 0 aromatic heterocycles. The zero-order chi connectivity index (χ0) is 9.15. The fourth-order valence-electron chi connectivity index (χ4n) is 0. The first-order chi connectivity index (χ1) is 4.46. The van der Waals surface area contributed by atoms with Crippen molar-refractivity contribution in [3.63, 3.8) is 0 Å². The van der Waals surface area contributed by atoms with E-state index >= 15 is 0 Å². The van der Waals surface area contributed by atoms with Crippen molar-refractivity contribution in [2.24, 2.45) is 11.5 Å². The third kappa shape index (κ3) is 84.2. The van der Waals surface area contributed by atoms with Gasteiger partial charge in [-0.25, -0.2) is 0 Å². The van der Waals surface area contributed by atoms with Crippen molar-refractivity contribution in [3.05, 3.63) is 13.2 Å². The summed E-state index contributed by atoms with van der Waals surface area (Å²) in [5.41, 5.74) is 8.94. The molecule has 5 heteroatoms. The number of nitrogens with one attached hydrogen (secondary N) is 1. The van der Waals surface area contributed by atoms with E-state index in [0.717, 1.165) is 6.92 Å². The molecule has 0 radical (unpaired) electrons. The predicted octanol–water partition coefficient (Wildman–Crippen LogP) is -0.268. The maximum atomic E-state index is 9.00. The largest absolute Gasteiger partial charge is 0.481 e. The van der Waals surface area contributed by atoms with Gasteiger partial charge in [0, 0.05) is 6.92 Å². The number of rotatable bonds is 0. The van der Waals surface area contributed by atoms with Gasteiger partial charge in [-0.3, -0.25) is 10.2 Å². The maximum Gasteiger partial charge on any atom is 0.300 e. The van der Waals surface area contributed by atoms with Crippen LogP contribution in [0.4, 0.5) is 0 Å². The van der Waals surface area contributed by atoms with Crippen LogP contribution in [0.5, 0.6) is 0 Å². The van der Waals surface area contributed by atoms with Gasteiger partial charge in [0.05, 0.1) is 0 Å². The minimum atomic E-state index is -0.833. The fourth-order valence-corrected chi connectivity index (χ4v) is 0. The van der Waals surface area contributed by atoms with E-state index in [-0.39, 0.29) is 5.96 Å². The quantitative estimate of drug-likeness (QED) is 0.214. The highest BCUT2D eigenvalue weighted by molar-refractivity contribution is 5.71. The average Bonchev–Trinajstić information content (AvgIpc) is 1.66. The van der Waals surface area contributed by atoms with E-state index in [1.54, 1.807) is 0 Å². The van der Waals surface area contributed by atoms with E-state index in [0.29, 0.717) is 0 Å². The smallest absolute Gasteiger partial charge is 0.300 e. The molecule has 5 nitrogen and oxygen atoms in total. The fraction of sp³-hybridized carbons (Fsp3) is 0.200. The van der Waals surface area contributed by atoms with Gasteiger partial charge in [-0.15, -0.1) is 13.2 Å². The molecule has 0 fully saturated rings. The topological polar surface area (TPSA) is 113 Å². The summed E-state index contributed by atoms with van der Waals surface area (Å²) < 4.78 is 0. The van der Waals surface area contributed by atoms with Crippen molar-refractivity contribution >= 4 is 11.9 Å². The number of nitrogens with two attached hydrogens (primary N) is 2. The molecule has 0 amide bonds. The SMILES string of the molecule is C=C.CC(=O)O.N=C(N)N. The summed E-state index contributed by atoms with van der Waals surface area (Å²) in [5.74, 6) is -1.17. The zero-order valence-electron chi connectivity index (χ0n) is 5.92. The third-order valence-corrected chi connectivity index (χ3v) is 0. The lowest BCUT2D eigenvalue weighted by Gasteiger charge is -1.69.